The SMILES string of the molecule is CN(C(=O)c1cccs1)c1ccccc1C(=O)NC1CCCCC1. The van der Waals surface area contributed by atoms with E-state index in [1.54, 1.807) is 24.1 Å². The zero-order valence-electron chi connectivity index (χ0n) is 13.8. The number of rotatable bonds is 4. The van der Waals surface area contributed by atoms with Crippen molar-refractivity contribution in [3.05, 3.63) is 52.2 Å². The summed E-state index contributed by atoms with van der Waals surface area (Å²) in [5.74, 6) is -0.189. The van der Waals surface area contributed by atoms with Crippen LogP contribution in [0.25, 0.3) is 0 Å². The lowest BCUT2D eigenvalue weighted by Gasteiger charge is -2.24. The van der Waals surface area contributed by atoms with Crippen LogP contribution in [0.2, 0.25) is 0 Å². The molecule has 0 aliphatic heterocycles. The van der Waals surface area contributed by atoms with Crippen molar-refractivity contribution in [1.82, 2.24) is 5.32 Å². The second-order valence-electron chi connectivity index (χ2n) is 6.17. The van der Waals surface area contributed by atoms with Gasteiger partial charge in [0.1, 0.15) is 0 Å². The maximum absolute atomic E-state index is 12.7. The van der Waals surface area contributed by atoms with E-state index in [1.807, 2.05) is 29.6 Å². The lowest BCUT2D eigenvalue weighted by Crippen LogP contribution is -2.37. The highest BCUT2D eigenvalue weighted by Crippen LogP contribution is 2.24. The van der Waals surface area contributed by atoms with E-state index < -0.39 is 0 Å². The van der Waals surface area contributed by atoms with Crippen LogP contribution in [-0.2, 0) is 0 Å². The Balaban J connectivity index is 1.79. The molecule has 0 bridgehead atoms. The van der Waals surface area contributed by atoms with Crippen molar-refractivity contribution in [3.63, 3.8) is 0 Å². The second kappa shape index (κ2) is 7.62. The van der Waals surface area contributed by atoms with E-state index in [0.29, 0.717) is 16.1 Å². The van der Waals surface area contributed by atoms with Crippen LogP contribution in [0.15, 0.2) is 41.8 Å². The van der Waals surface area contributed by atoms with Gasteiger partial charge in [0.2, 0.25) is 0 Å². The summed E-state index contributed by atoms with van der Waals surface area (Å²) in [6.07, 6.45) is 5.67. The van der Waals surface area contributed by atoms with Crippen LogP contribution in [0.1, 0.15) is 52.1 Å². The van der Waals surface area contributed by atoms with Crippen molar-refractivity contribution in [2.45, 2.75) is 38.1 Å². The second-order valence-corrected chi connectivity index (χ2v) is 7.11. The highest BCUT2D eigenvalue weighted by Gasteiger charge is 2.22. The Morgan fingerprint density at radius 1 is 1.08 bits per heavy atom. The van der Waals surface area contributed by atoms with Crippen molar-refractivity contribution in [2.24, 2.45) is 0 Å². The minimum absolute atomic E-state index is 0.0941. The third-order valence-electron chi connectivity index (χ3n) is 4.49. The smallest absolute Gasteiger partial charge is 0.268 e. The van der Waals surface area contributed by atoms with Gasteiger partial charge in [0.05, 0.1) is 16.1 Å². The third-order valence-corrected chi connectivity index (χ3v) is 5.34. The maximum atomic E-state index is 12.7. The quantitative estimate of drug-likeness (QED) is 0.910. The molecule has 0 spiro atoms. The van der Waals surface area contributed by atoms with Crippen LogP contribution in [0.5, 0.6) is 0 Å². The predicted molar refractivity (Wildman–Crippen MR) is 97.8 cm³/mol. The normalized spacial score (nSPS) is 15.0. The topological polar surface area (TPSA) is 49.4 Å². The van der Waals surface area contributed by atoms with Gasteiger partial charge in [-0.15, -0.1) is 11.3 Å². The first-order chi connectivity index (χ1) is 11.7. The van der Waals surface area contributed by atoms with Crippen LogP contribution in [0.4, 0.5) is 5.69 Å². The number of nitrogens with zero attached hydrogens (tertiary/aromatic N) is 1. The number of hydrogen-bond donors (Lipinski definition) is 1. The first-order valence-electron chi connectivity index (χ1n) is 8.38. The molecule has 4 nitrogen and oxygen atoms in total. The molecule has 0 saturated heterocycles. The van der Waals surface area contributed by atoms with E-state index in [2.05, 4.69) is 5.32 Å². The van der Waals surface area contributed by atoms with Gasteiger partial charge in [-0.1, -0.05) is 37.5 Å². The average Bonchev–Trinajstić information content (AvgIpc) is 3.16. The Hall–Kier alpha value is -2.14. The Labute approximate surface area is 146 Å². The number of benzene rings is 1. The minimum atomic E-state index is -0.0945. The minimum Gasteiger partial charge on any atom is -0.349 e. The molecule has 0 unspecified atom stereocenters. The molecule has 2 aromatic rings. The predicted octanol–water partition coefficient (Wildman–Crippen LogP) is 4.09. The van der Waals surface area contributed by atoms with Crippen molar-refractivity contribution in [3.8, 4) is 0 Å². The zero-order chi connectivity index (χ0) is 16.9. The average molecular weight is 342 g/mol. The van der Waals surface area contributed by atoms with E-state index in [4.69, 9.17) is 0 Å². The van der Waals surface area contributed by atoms with Crippen LogP contribution in [0.3, 0.4) is 0 Å². The summed E-state index contributed by atoms with van der Waals surface area (Å²) in [6.45, 7) is 0. The largest absolute Gasteiger partial charge is 0.349 e. The number of carbonyl (C=O) groups excluding carboxylic acids is 2. The Morgan fingerprint density at radius 2 is 1.83 bits per heavy atom. The van der Waals surface area contributed by atoms with Gasteiger partial charge in [0.25, 0.3) is 11.8 Å². The summed E-state index contributed by atoms with van der Waals surface area (Å²) in [7, 11) is 1.72. The number of anilines is 1. The molecule has 24 heavy (non-hydrogen) atoms. The van der Waals surface area contributed by atoms with Crippen LogP contribution in [-0.4, -0.2) is 24.9 Å². The Bertz CT molecular complexity index is 706. The number of nitrogens with one attached hydrogen (secondary N) is 1. The van der Waals surface area contributed by atoms with Gasteiger partial charge in [0.15, 0.2) is 0 Å². The van der Waals surface area contributed by atoms with Crippen LogP contribution >= 0.6 is 11.3 Å². The maximum Gasteiger partial charge on any atom is 0.268 e. The first kappa shape index (κ1) is 16.7. The van der Waals surface area contributed by atoms with Crippen molar-refractivity contribution >= 4 is 28.8 Å². The lowest BCUT2D eigenvalue weighted by atomic mass is 9.95. The molecule has 1 N–H and O–H groups in total. The molecule has 1 fully saturated rings. The molecule has 3 rings (SSSR count). The van der Waals surface area contributed by atoms with E-state index >= 15 is 0 Å². The van der Waals surface area contributed by atoms with E-state index in [9.17, 15) is 9.59 Å². The number of carbonyl (C=O) groups is 2. The Morgan fingerprint density at radius 3 is 2.54 bits per heavy atom. The Kier molecular flexibility index (Phi) is 5.30. The molecule has 1 aliphatic rings. The van der Waals surface area contributed by atoms with Gasteiger partial charge in [-0.05, 0) is 36.4 Å². The summed E-state index contributed by atoms with van der Waals surface area (Å²) in [6, 6.07) is 11.2. The van der Waals surface area contributed by atoms with Gasteiger partial charge in [-0.2, -0.15) is 0 Å². The molecule has 5 heteroatoms. The summed E-state index contributed by atoms with van der Waals surface area (Å²) in [4.78, 5) is 27.5. The van der Waals surface area contributed by atoms with Crippen LogP contribution in [0, 0.1) is 0 Å². The highest BCUT2D eigenvalue weighted by molar-refractivity contribution is 7.12. The molecule has 1 aromatic carbocycles. The number of amides is 2. The summed E-state index contributed by atoms with van der Waals surface area (Å²) in [5, 5.41) is 5.01. The van der Waals surface area contributed by atoms with Gasteiger partial charge < -0.3 is 10.2 Å². The fraction of sp³-hybridized carbons (Fsp3) is 0.368. The number of para-hydroxylation sites is 1. The molecule has 0 atom stereocenters. The molecular weight excluding hydrogens is 320 g/mol. The summed E-state index contributed by atoms with van der Waals surface area (Å²) >= 11 is 1.40. The summed E-state index contributed by atoms with van der Waals surface area (Å²) < 4.78 is 0. The molecule has 1 saturated carbocycles. The van der Waals surface area contributed by atoms with Crippen molar-refractivity contribution in [1.29, 1.82) is 0 Å². The molecule has 1 heterocycles. The standard InChI is InChI=1S/C19H22N2O2S/c1-21(19(23)17-12-7-13-24-17)16-11-6-5-10-15(16)18(22)20-14-8-3-2-4-9-14/h5-7,10-14H,2-4,8-9H2,1H3,(H,20,22). The first-order valence-corrected chi connectivity index (χ1v) is 9.26. The van der Waals surface area contributed by atoms with Crippen molar-refractivity contribution < 1.29 is 9.59 Å². The lowest BCUT2D eigenvalue weighted by molar-refractivity contribution is 0.0928. The zero-order valence-corrected chi connectivity index (χ0v) is 14.6. The van der Waals surface area contributed by atoms with E-state index in [0.717, 1.165) is 12.8 Å². The molecule has 0 radical (unpaired) electrons. The molecular formula is C19H22N2O2S. The highest BCUT2D eigenvalue weighted by atomic mass is 32.1. The fourth-order valence-electron chi connectivity index (χ4n) is 3.14. The van der Waals surface area contributed by atoms with Crippen molar-refractivity contribution in [2.75, 3.05) is 11.9 Å². The van der Waals surface area contributed by atoms with Crippen LogP contribution < -0.4 is 10.2 Å². The van der Waals surface area contributed by atoms with E-state index in [1.165, 1.54) is 30.6 Å². The fourth-order valence-corrected chi connectivity index (χ4v) is 3.84. The molecule has 126 valence electrons. The van der Waals surface area contributed by atoms with Gasteiger partial charge >= 0.3 is 0 Å². The number of hydrogen-bond acceptors (Lipinski definition) is 3. The van der Waals surface area contributed by atoms with Gasteiger partial charge in [0, 0.05) is 13.1 Å². The third kappa shape index (κ3) is 3.67. The van der Waals surface area contributed by atoms with Gasteiger partial charge in [-0.3, -0.25) is 9.59 Å². The van der Waals surface area contributed by atoms with Gasteiger partial charge in [-0.25, -0.2) is 0 Å². The van der Waals surface area contributed by atoms with E-state index in [-0.39, 0.29) is 17.9 Å². The molecule has 1 aliphatic carbocycles. The summed E-state index contributed by atoms with van der Waals surface area (Å²) in [5.41, 5.74) is 1.19. The molecule has 1 aromatic heterocycles. The number of thiophene rings is 1. The molecule has 2 amide bonds. The monoisotopic (exact) mass is 342 g/mol.